The summed E-state index contributed by atoms with van der Waals surface area (Å²) in [6, 6.07) is 15.8. The molecular weight excluding hydrogens is 497 g/mol. The Kier molecular flexibility index (Phi) is 7.88. The topological polar surface area (TPSA) is 60.1 Å². The number of aryl methyl sites for hydroxylation is 2. The third kappa shape index (κ3) is 4.98. The van der Waals surface area contributed by atoms with Gasteiger partial charge in [0.2, 0.25) is 5.91 Å². The highest BCUT2D eigenvalue weighted by molar-refractivity contribution is 7.99. The van der Waals surface area contributed by atoms with E-state index in [1.165, 1.54) is 28.7 Å². The van der Waals surface area contributed by atoms with Crippen LogP contribution in [0.3, 0.4) is 0 Å². The Labute approximate surface area is 218 Å². The molecule has 182 valence electrons. The van der Waals surface area contributed by atoms with Gasteiger partial charge < -0.3 is 4.90 Å². The lowest BCUT2D eigenvalue weighted by molar-refractivity contribution is -0.127. The number of nitrogens with zero attached hydrogens (tertiary/aromatic N) is 4. The summed E-state index contributed by atoms with van der Waals surface area (Å²) < 4.78 is 4.53. The van der Waals surface area contributed by atoms with Crippen molar-refractivity contribution in [3.8, 4) is 11.4 Å². The Bertz CT molecular complexity index is 1480. The van der Waals surface area contributed by atoms with Gasteiger partial charge in [0, 0.05) is 18.8 Å². The minimum atomic E-state index is -0.179. The highest BCUT2D eigenvalue weighted by Gasteiger charge is 2.21. The Hall–Kier alpha value is -2.75. The van der Waals surface area contributed by atoms with Crippen LogP contribution < -0.4 is 5.56 Å². The number of carbonyl (C=O) groups excluding carboxylic acids is 1. The van der Waals surface area contributed by atoms with Crippen LogP contribution in [0.25, 0.3) is 21.7 Å². The van der Waals surface area contributed by atoms with Crippen molar-refractivity contribution in [2.75, 3.05) is 18.8 Å². The molecule has 4 rings (SSSR count). The number of para-hydroxylation sites is 1. The molecule has 35 heavy (non-hydrogen) atoms. The zero-order valence-corrected chi connectivity index (χ0v) is 22.7. The van der Waals surface area contributed by atoms with Gasteiger partial charge in [0.1, 0.15) is 4.70 Å². The van der Waals surface area contributed by atoms with E-state index in [1.807, 2.05) is 61.7 Å². The number of hydrogen-bond acceptors (Lipinski definition) is 6. The molecule has 2 aromatic heterocycles. The highest BCUT2D eigenvalue weighted by Crippen LogP contribution is 2.28. The normalized spacial score (nSPS) is 11.2. The van der Waals surface area contributed by atoms with E-state index in [1.54, 1.807) is 9.47 Å². The predicted molar refractivity (Wildman–Crippen MR) is 148 cm³/mol. The molecule has 0 fully saturated rings. The first-order valence-corrected chi connectivity index (χ1v) is 13.8. The standard InChI is InChI=1S/C26H28N4O2S3/c1-5-18-12-14-19(15-13-18)29-23-22(35-26(29)33)24(32)30(20-11-9-8-10-17(20)4)25(27-23)34-16-21(31)28(6-2)7-3/h8-15H,5-7,16H2,1-4H3. The minimum absolute atomic E-state index is 0.0167. The molecule has 0 spiro atoms. The first kappa shape index (κ1) is 25.3. The summed E-state index contributed by atoms with van der Waals surface area (Å²) >= 11 is 8.23. The van der Waals surface area contributed by atoms with Crippen LogP contribution in [0, 0.1) is 10.9 Å². The number of amides is 1. The number of aromatic nitrogens is 3. The van der Waals surface area contributed by atoms with Crippen molar-refractivity contribution in [3.05, 3.63) is 74.0 Å². The summed E-state index contributed by atoms with van der Waals surface area (Å²) in [5, 5.41) is 0.476. The minimum Gasteiger partial charge on any atom is -0.343 e. The zero-order chi connectivity index (χ0) is 25.1. The molecule has 0 bridgehead atoms. The Morgan fingerprint density at radius 3 is 2.37 bits per heavy atom. The van der Waals surface area contributed by atoms with Gasteiger partial charge in [-0.2, -0.15) is 0 Å². The third-order valence-corrected chi connectivity index (χ3v) is 8.25. The first-order chi connectivity index (χ1) is 16.9. The summed E-state index contributed by atoms with van der Waals surface area (Å²) in [6.07, 6.45) is 0.941. The molecule has 0 atom stereocenters. The van der Waals surface area contributed by atoms with Crippen LogP contribution in [0.1, 0.15) is 31.9 Å². The summed E-state index contributed by atoms with van der Waals surface area (Å²) in [5.74, 6) is 0.213. The molecule has 9 heteroatoms. The molecule has 2 aromatic carbocycles. The first-order valence-electron chi connectivity index (χ1n) is 11.6. The second kappa shape index (κ2) is 10.9. The molecule has 0 aliphatic heterocycles. The van der Waals surface area contributed by atoms with E-state index in [9.17, 15) is 9.59 Å². The fourth-order valence-corrected chi connectivity index (χ4v) is 6.16. The van der Waals surface area contributed by atoms with Crippen molar-refractivity contribution < 1.29 is 4.79 Å². The smallest absolute Gasteiger partial charge is 0.278 e. The molecule has 0 aliphatic carbocycles. The predicted octanol–water partition coefficient (Wildman–Crippen LogP) is 5.80. The maximum atomic E-state index is 13.9. The van der Waals surface area contributed by atoms with Crippen molar-refractivity contribution in [1.29, 1.82) is 0 Å². The van der Waals surface area contributed by atoms with Crippen molar-refractivity contribution in [2.24, 2.45) is 0 Å². The number of thioether (sulfide) groups is 1. The van der Waals surface area contributed by atoms with Gasteiger partial charge in [-0.1, -0.05) is 60.4 Å². The Balaban J connectivity index is 1.92. The number of rotatable bonds is 8. The molecule has 0 aliphatic rings. The van der Waals surface area contributed by atoms with Crippen LogP contribution >= 0.6 is 35.3 Å². The molecule has 1 amide bonds. The lowest BCUT2D eigenvalue weighted by Crippen LogP contribution is -2.32. The van der Waals surface area contributed by atoms with Crippen LogP contribution in [0.2, 0.25) is 0 Å². The van der Waals surface area contributed by atoms with E-state index in [0.29, 0.717) is 32.5 Å². The molecular formula is C26H28N4O2S3. The molecule has 0 unspecified atom stereocenters. The number of hydrogen-bond donors (Lipinski definition) is 0. The average molecular weight is 525 g/mol. The fraction of sp³-hybridized carbons (Fsp3) is 0.308. The van der Waals surface area contributed by atoms with E-state index in [-0.39, 0.29) is 17.2 Å². The second-order valence-corrected chi connectivity index (χ2v) is 10.6. The third-order valence-electron chi connectivity index (χ3n) is 5.98. The molecule has 0 saturated heterocycles. The zero-order valence-electron chi connectivity index (χ0n) is 20.3. The quantitative estimate of drug-likeness (QED) is 0.166. The molecule has 2 heterocycles. The van der Waals surface area contributed by atoms with E-state index >= 15 is 0 Å². The number of carbonyl (C=O) groups is 1. The van der Waals surface area contributed by atoms with Gasteiger partial charge in [-0.25, -0.2) is 4.98 Å². The van der Waals surface area contributed by atoms with Gasteiger partial charge in [-0.05, 0) is 68.7 Å². The van der Waals surface area contributed by atoms with Gasteiger partial charge in [-0.15, -0.1) is 0 Å². The van der Waals surface area contributed by atoms with Crippen molar-refractivity contribution in [2.45, 2.75) is 39.3 Å². The van der Waals surface area contributed by atoms with Crippen LogP contribution in [0.15, 0.2) is 58.5 Å². The number of benzene rings is 2. The monoisotopic (exact) mass is 524 g/mol. The van der Waals surface area contributed by atoms with Crippen LogP contribution in [-0.2, 0) is 11.2 Å². The van der Waals surface area contributed by atoms with Gasteiger partial charge in [0.05, 0.1) is 11.4 Å². The Morgan fingerprint density at radius 1 is 1.06 bits per heavy atom. The second-order valence-electron chi connectivity index (χ2n) is 8.05. The van der Waals surface area contributed by atoms with Crippen molar-refractivity contribution >= 4 is 51.6 Å². The number of thiazole rings is 1. The van der Waals surface area contributed by atoms with Crippen molar-refractivity contribution in [1.82, 2.24) is 19.0 Å². The SMILES string of the molecule is CCc1ccc(-n2c(=S)sc3c(=O)n(-c4ccccc4C)c(SCC(=O)N(CC)CC)nc32)cc1. The average Bonchev–Trinajstić information content (AvgIpc) is 3.20. The number of fused-ring (bicyclic) bond motifs is 1. The van der Waals surface area contributed by atoms with E-state index in [0.717, 1.165) is 23.4 Å². The Morgan fingerprint density at radius 2 is 1.74 bits per heavy atom. The van der Waals surface area contributed by atoms with E-state index in [2.05, 4.69) is 19.1 Å². The maximum absolute atomic E-state index is 13.9. The van der Waals surface area contributed by atoms with Gasteiger partial charge in [0.25, 0.3) is 5.56 Å². The highest BCUT2D eigenvalue weighted by atomic mass is 32.2. The maximum Gasteiger partial charge on any atom is 0.278 e. The van der Waals surface area contributed by atoms with Crippen LogP contribution in [0.4, 0.5) is 0 Å². The lowest BCUT2D eigenvalue weighted by atomic mass is 10.1. The summed E-state index contributed by atoms with van der Waals surface area (Å²) in [7, 11) is 0. The fourth-order valence-electron chi connectivity index (χ4n) is 3.96. The molecule has 0 saturated carbocycles. The van der Waals surface area contributed by atoms with Crippen LogP contribution in [0.5, 0.6) is 0 Å². The van der Waals surface area contributed by atoms with Crippen LogP contribution in [-0.4, -0.2) is 43.8 Å². The summed E-state index contributed by atoms with van der Waals surface area (Å²) in [6.45, 7) is 9.28. The molecule has 6 nitrogen and oxygen atoms in total. The molecule has 0 N–H and O–H groups in total. The van der Waals surface area contributed by atoms with Crippen molar-refractivity contribution in [3.63, 3.8) is 0 Å². The van der Waals surface area contributed by atoms with E-state index in [4.69, 9.17) is 17.2 Å². The summed E-state index contributed by atoms with van der Waals surface area (Å²) in [4.78, 5) is 33.3. The molecule has 4 aromatic rings. The van der Waals surface area contributed by atoms with E-state index < -0.39 is 0 Å². The molecule has 0 radical (unpaired) electrons. The largest absolute Gasteiger partial charge is 0.343 e. The van der Waals surface area contributed by atoms with Gasteiger partial charge in [-0.3, -0.25) is 18.7 Å². The van der Waals surface area contributed by atoms with Gasteiger partial charge in [0.15, 0.2) is 14.8 Å². The van der Waals surface area contributed by atoms with Gasteiger partial charge >= 0.3 is 0 Å². The summed E-state index contributed by atoms with van der Waals surface area (Å²) in [5.41, 5.74) is 4.14. The lowest BCUT2D eigenvalue weighted by Gasteiger charge is -2.19.